The lowest BCUT2D eigenvalue weighted by molar-refractivity contribution is 0.332. The fourth-order valence-corrected chi connectivity index (χ4v) is 7.16. The molecule has 1 aliphatic rings. The Morgan fingerprint density at radius 1 is 0.700 bits per heavy atom. The minimum absolute atomic E-state index is 0.162. The summed E-state index contributed by atoms with van der Waals surface area (Å²) in [5.74, 6) is 0. The van der Waals surface area contributed by atoms with Gasteiger partial charge in [-0.25, -0.2) is 0 Å². The van der Waals surface area contributed by atoms with Crippen LogP contribution in [0, 0.1) is 0 Å². The minimum atomic E-state index is 0.162. The van der Waals surface area contributed by atoms with E-state index in [1.54, 1.807) is 0 Å². The van der Waals surface area contributed by atoms with E-state index in [4.69, 9.17) is 0 Å². The summed E-state index contributed by atoms with van der Waals surface area (Å²) in [6.45, 7) is 10.4. The van der Waals surface area contributed by atoms with Crippen molar-refractivity contribution in [2.24, 2.45) is 0 Å². The zero-order valence-corrected chi connectivity index (χ0v) is 25.3. The summed E-state index contributed by atoms with van der Waals surface area (Å²) in [5.41, 5.74) is 9.34. The summed E-state index contributed by atoms with van der Waals surface area (Å²) < 4.78 is 3.62. The first kappa shape index (κ1) is 25.4. The van der Waals surface area contributed by atoms with Gasteiger partial charge in [-0.1, -0.05) is 100 Å². The molecule has 2 nitrogen and oxygen atoms in total. The third kappa shape index (κ3) is 4.14. The summed E-state index contributed by atoms with van der Waals surface area (Å²) in [6, 6.07) is 35.7. The number of aromatic nitrogens is 1. The Morgan fingerprint density at radius 2 is 1.38 bits per heavy atom. The second-order valence-corrected chi connectivity index (χ2v) is 13.6. The molecule has 3 heteroatoms. The summed E-state index contributed by atoms with van der Waals surface area (Å²) in [5, 5.41) is 8.95. The molecule has 0 radical (unpaired) electrons. The third-order valence-corrected chi connectivity index (χ3v) is 9.81. The highest BCUT2D eigenvalue weighted by Gasteiger charge is 2.37. The molecule has 6 aromatic rings. The van der Waals surface area contributed by atoms with E-state index >= 15 is 0 Å². The van der Waals surface area contributed by atoms with Gasteiger partial charge in [0.25, 0.3) is 0 Å². The van der Waals surface area contributed by atoms with Crippen molar-refractivity contribution in [3.05, 3.63) is 118 Å². The van der Waals surface area contributed by atoms with Crippen molar-refractivity contribution in [3.8, 4) is 0 Å². The molecule has 1 N–H and O–H groups in total. The molecule has 0 spiro atoms. The van der Waals surface area contributed by atoms with E-state index in [-0.39, 0.29) is 10.8 Å². The zero-order valence-electron chi connectivity index (χ0n) is 23.7. The SMILES string of the molecule is CC1(C)CCC(C)(C)c2cc(Nc3ccc4c5ccc6ccccc6c5n(Cc5ccccc5)c4c3)c(Br)cc21. The molecule has 0 amide bonds. The van der Waals surface area contributed by atoms with E-state index in [0.717, 1.165) is 22.4 Å². The van der Waals surface area contributed by atoms with Gasteiger partial charge in [0.1, 0.15) is 0 Å². The van der Waals surface area contributed by atoms with Crippen LogP contribution in [0.2, 0.25) is 0 Å². The molecule has 0 aliphatic heterocycles. The van der Waals surface area contributed by atoms with Crippen molar-refractivity contribution in [3.63, 3.8) is 0 Å². The van der Waals surface area contributed by atoms with Gasteiger partial charge in [-0.2, -0.15) is 0 Å². The number of rotatable bonds is 4. The van der Waals surface area contributed by atoms with Crippen LogP contribution in [0.25, 0.3) is 32.6 Å². The lowest BCUT2D eigenvalue weighted by Crippen LogP contribution is -2.33. The molecule has 0 unspecified atom stereocenters. The molecule has 5 aromatic carbocycles. The Kier molecular flexibility index (Phi) is 5.87. The van der Waals surface area contributed by atoms with Crippen molar-refractivity contribution >= 4 is 59.9 Å². The predicted molar refractivity (Wildman–Crippen MR) is 175 cm³/mol. The average Bonchev–Trinajstić information content (AvgIpc) is 3.26. The fraction of sp³-hybridized carbons (Fsp3) is 0.243. The number of halogens is 1. The smallest absolute Gasteiger partial charge is 0.0574 e. The van der Waals surface area contributed by atoms with Crippen LogP contribution in [0.4, 0.5) is 11.4 Å². The van der Waals surface area contributed by atoms with E-state index in [0.29, 0.717) is 0 Å². The van der Waals surface area contributed by atoms with E-state index in [1.165, 1.54) is 62.1 Å². The van der Waals surface area contributed by atoms with Gasteiger partial charge < -0.3 is 9.88 Å². The van der Waals surface area contributed by atoms with Gasteiger partial charge in [0, 0.05) is 32.9 Å². The highest BCUT2D eigenvalue weighted by atomic mass is 79.9. The minimum Gasteiger partial charge on any atom is -0.355 e. The molecule has 40 heavy (non-hydrogen) atoms. The molecule has 0 saturated heterocycles. The van der Waals surface area contributed by atoms with Gasteiger partial charge in [0.05, 0.1) is 16.7 Å². The summed E-state index contributed by atoms with van der Waals surface area (Å²) in [7, 11) is 0. The van der Waals surface area contributed by atoms with Crippen LogP contribution in [-0.2, 0) is 17.4 Å². The van der Waals surface area contributed by atoms with Crippen molar-refractivity contribution in [1.29, 1.82) is 0 Å². The molecule has 0 fully saturated rings. The van der Waals surface area contributed by atoms with Crippen LogP contribution >= 0.6 is 15.9 Å². The molecule has 1 heterocycles. The van der Waals surface area contributed by atoms with Crippen molar-refractivity contribution < 1.29 is 0 Å². The first-order valence-corrected chi connectivity index (χ1v) is 15.1. The normalized spacial score (nSPS) is 15.9. The number of nitrogens with one attached hydrogen (secondary N) is 1. The first-order valence-electron chi connectivity index (χ1n) is 14.3. The van der Waals surface area contributed by atoms with Gasteiger partial charge in [0.15, 0.2) is 0 Å². The van der Waals surface area contributed by atoms with Crippen molar-refractivity contribution in [2.75, 3.05) is 5.32 Å². The zero-order chi connectivity index (χ0) is 27.6. The van der Waals surface area contributed by atoms with Gasteiger partial charge in [-0.15, -0.1) is 0 Å². The molecule has 1 aliphatic carbocycles. The van der Waals surface area contributed by atoms with Crippen LogP contribution in [0.15, 0.2) is 102 Å². The summed E-state index contributed by atoms with van der Waals surface area (Å²) in [6.07, 6.45) is 2.41. The molecular formula is C37H35BrN2. The third-order valence-electron chi connectivity index (χ3n) is 9.15. The quantitative estimate of drug-likeness (QED) is 0.217. The Balaban J connectivity index is 1.39. The molecule has 200 valence electrons. The van der Waals surface area contributed by atoms with Gasteiger partial charge >= 0.3 is 0 Å². The van der Waals surface area contributed by atoms with Gasteiger partial charge in [0.2, 0.25) is 0 Å². The van der Waals surface area contributed by atoms with E-state index in [2.05, 4.69) is 151 Å². The monoisotopic (exact) mass is 586 g/mol. The lowest BCUT2D eigenvalue weighted by Gasteiger charge is -2.42. The molecule has 1 aromatic heterocycles. The Bertz CT molecular complexity index is 1910. The number of benzene rings is 5. The summed E-state index contributed by atoms with van der Waals surface area (Å²) in [4.78, 5) is 0. The van der Waals surface area contributed by atoms with Gasteiger partial charge in [-0.05, 0) is 85.9 Å². The Hall–Kier alpha value is -3.56. The van der Waals surface area contributed by atoms with Crippen molar-refractivity contribution in [2.45, 2.75) is 57.9 Å². The second-order valence-electron chi connectivity index (χ2n) is 12.8. The van der Waals surface area contributed by atoms with E-state index in [1.807, 2.05) is 0 Å². The van der Waals surface area contributed by atoms with E-state index in [9.17, 15) is 0 Å². The van der Waals surface area contributed by atoms with Crippen LogP contribution < -0.4 is 5.32 Å². The molecule has 0 bridgehead atoms. The highest BCUT2D eigenvalue weighted by molar-refractivity contribution is 9.10. The maximum absolute atomic E-state index is 3.92. The Morgan fingerprint density at radius 3 is 2.15 bits per heavy atom. The predicted octanol–water partition coefficient (Wildman–Crippen LogP) is 10.9. The van der Waals surface area contributed by atoms with Crippen LogP contribution in [0.5, 0.6) is 0 Å². The van der Waals surface area contributed by atoms with E-state index < -0.39 is 0 Å². The molecule has 0 saturated carbocycles. The Labute approximate surface area is 245 Å². The first-order chi connectivity index (χ1) is 19.2. The number of hydrogen-bond donors (Lipinski definition) is 1. The van der Waals surface area contributed by atoms with Crippen LogP contribution in [-0.4, -0.2) is 4.57 Å². The second kappa shape index (κ2) is 9.24. The lowest BCUT2D eigenvalue weighted by atomic mass is 9.63. The fourth-order valence-electron chi connectivity index (χ4n) is 6.71. The number of hydrogen-bond acceptors (Lipinski definition) is 1. The van der Waals surface area contributed by atoms with Crippen molar-refractivity contribution in [1.82, 2.24) is 4.57 Å². The van der Waals surface area contributed by atoms with Crippen LogP contribution in [0.3, 0.4) is 0 Å². The standard InChI is InChI=1S/C37H35BrN2/c1-36(2)18-19-37(3,4)31-22-33(32(38)21-30(31)36)39-26-15-17-28-29-16-14-25-12-8-9-13-27(25)35(29)40(34(28)20-26)23-24-10-6-5-7-11-24/h5-17,20-22,39H,18-19,23H2,1-4H3. The maximum atomic E-state index is 3.92. The summed E-state index contributed by atoms with van der Waals surface area (Å²) >= 11 is 3.92. The largest absolute Gasteiger partial charge is 0.355 e. The molecular weight excluding hydrogens is 552 g/mol. The maximum Gasteiger partial charge on any atom is 0.0574 e. The number of fused-ring (bicyclic) bond motifs is 6. The highest BCUT2D eigenvalue weighted by Crippen LogP contribution is 2.48. The average molecular weight is 588 g/mol. The van der Waals surface area contributed by atoms with Gasteiger partial charge in [-0.3, -0.25) is 0 Å². The number of nitrogens with zero attached hydrogens (tertiary/aromatic N) is 1. The molecule has 0 atom stereocenters. The topological polar surface area (TPSA) is 17.0 Å². The number of anilines is 2. The molecule has 7 rings (SSSR count). The van der Waals surface area contributed by atoms with Crippen LogP contribution in [0.1, 0.15) is 57.2 Å².